The van der Waals surface area contributed by atoms with E-state index in [0.717, 1.165) is 6.42 Å². The van der Waals surface area contributed by atoms with Gasteiger partial charge in [0, 0.05) is 12.5 Å². The second-order valence-corrected chi connectivity index (χ2v) is 3.08. The molecule has 2 atom stereocenters. The Morgan fingerprint density at radius 1 is 1.67 bits per heavy atom. The molecule has 0 aromatic rings. The summed E-state index contributed by atoms with van der Waals surface area (Å²) in [5.74, 6) is 0.284. The van der Waals surface area contributed by atoms with Gasteiger partial charge in [0.2, 0.25) is 0 Å². The summed E-state index contributed by atoms with van der Waals surface area (Å²) in [4.78, 5) is 0. The number of ether oxygens (including phenoxy) is 1. The van der Waals surface area contributed by atoms with E-state index < -0.39 is 5.60 Å². The summed E-state index contributed by atoms with van der Waals surface area (Å²) in [6, 6.07) is 0. The fourth-order valence-corrected chi connectivity index (χ4v) is 0.965. The van der Waals surface area contributed by atoms with Gasteiger partial charge in [-0.15, -0.1) is 0 Å². The van der Waals surface area contributed by atoms with Gasteiger partial charge < -0.3 is 9.84 Å². The normalized spacial score (nSPS) is 45.0. The maximum absolute atomic E-state index is 9.56. The van der Waals surface area contributed by atoms with Crippen LogP contribution in [0.4, 0.5) is 0 Å². The minimum absolute atomic E-state index is 0.284. The second kappa shape index (κ2) is 2.27. The number of aliphatic hydroxyl groups is 1. The highest BCUT2D eigenvalue weighted by Crippen LogP contribution is 2.24. The van der Waals surface area contributed by atoms with Crippen LogP contribution in [0.1, 0.15) is 20.3 Å². The molecule has 0 spiro atoms. The molecule has 0 aliphatic carbocycles. The van der Waals surface area contributed by atoms with Gasteiger partial charge in [-0.1, -0.05) is 6.92 Å². The van der Waals surface area contributed by atoms with Crippen LogP contribution in [0, 0.1) is 5.92 Å². The Morgan fingerprint density at radius 3 is 2.67 bits per heavy atom. The summed E-state index contributed by atoms with van der Waals surface area (Å²) < 4.78 is 5.16. The number of hydrogen-bond donors (Lipinski definition) is 1. The van der Waals surface area contributed by atoms with Crippen LogP contribution in [-0.2, 0) is 4.74 Å². The fourth-order valence-electron chi connectivity index (χ4n) is 0.965. The van der Waals surface area contributed by atoms with Crippen molar-refractivity contribution in [3.63, 3.8) is 0 Å². The molecule has 0 aromatic heterocycles. The Bertz CT molecular complexity index is 99.1. The van der Waals surface area contributed by atoms with E-state index in [0.29, 0.717) is 13.2 Å². The van der Waals surface area contributed by atoms with Crippen molar-refractivity contribution < 1.29 is 9.84 Å². The van der Waals surface area contributed by atoms with Gasteiger partial charge in [-0.3, -0.25) is 0 Å². The van der Waals surface area contributed by atoms with E-state index in [9.17, 15) is 5.11 Å². The van der Waals surface area contributed by atoms with E-state index >= 15 is 0 Å². The van der Waals surface area contributed by atoms with Gasteiger partial charge in [-0.25, -0.2) is 0 Å². The molecule has 9 heavy (non-hydrogen) atoms. The number of hydrogen-bond acceptors (Lipinski definition) is 2. The molecule has 1 fully saturated rings. The standard InChI is InChI=1S/C7H14O2/c1-6-5-9-4-3-7(6,2)8/h6,8H,3-5H2,1-2H3/t6-,7?/m0/s1. The molecule has 1 unspecified atom stereocenters. The van der Waals surface area contributed by atoms with Crippen molar-refractivity contribution in [3.05, 3.63) is 0 Å². The van der Waals surface area contributed by atoms with Crippen LogP contribution >= 0.6 is 0 Å². The van der Waals surface area contributed by atoms with E-state index in [1.165, 1.54) is 0 Å². The maximum Gasteiger partial charge on any atom is 0.0689 e. The first-order chi connectivity index (χ1) is 4.13. The van der Waals surface area contributed by atoms with Crippen LogP contribution in [0.25, 0.3) is 0 Å². The lowest BCUT2D eigenvalue weighted by Gasteiger charge is -2.34. The fraction of sp³-hybridized carbons (Fsp3) is 1.00. The second-order valence-electron chi connectivity index (χ2n) is 3.08. The van der Waals surface area contributed by atoms with Crippen LogP contribution in [0.2, 0.25) is 0 Å². The van der Waals surface area contributed by atoms with Crippen molar-refractivity contribution in [2.45, 2.75) is 25.9 Å². The highest BCUT2D eigenvalue weighted by atomic mass is 16.5. The monoisotopic (exact) mass is 130 g/mol. The predicted octanol–water partition coefficient (Wildman–Crippen LogP) is 0.794. The summed E-state index contributed by atoms with van der Waals surface area (Å²) in [6.07, 6.45) is 0.772. The first-order valence-electron chi connectivity index (χ1n) is 3.43. The van der Waals surface area contributed by atoms with Crippen molar-refractivity contribution in [1.82, 2.24) is 0 Å². The van der Waals surface area contributed by atoms with Gasteiger partial charge >= 0.3 is 0 Å². The molecule has 54 valence electrons. The molecule has 2 heteroatoms. The van der Waals surface area contributed by atoms with E-state index in [1.54, 1.807) is 0 Å². The van der Waals surface area contributed by atoms with Gasteiger partial charge in [0.15, 0.2) is 0 Å². The lowest BCUT2D eigenvalue weighted by Crippen LogP contribution is -2.40. The smallest absolute Gasteiger partial charge is 0.0689 e. The Balaban J connectivity index is 2.49. The summed E-state index contributed by atoms with van der Waals surface area (Å²) in [7, 11) is 0. The zero-order chi connectivity index (χ0) is 6.91. The molecular formula is C7H14O2. The molecule has 1 N–H and O–H groups in total. The van der Waals surface area contributed by atoms with E-state index in [4.69, 9.17) is 4.74 Å². The average Bonchev–Trinajstić information content (AvgIpc) is 1.77. The lowest BCUT2D eigenvalue weighted by atomic mass is 9.87. The molecule has 1 aliphatic rings. The topological polar surface area (TPSA) is 29.5 Å². The molecule has 1 heterocycles. The van der Waals surface area contributed by atoms with Gasteiger partial charge in [-0.2, -0.15) is 0 Å². The minimum Gasteiger partial charge on any atom is -0.390 e. The van der Waals surface area contributed by atoms with Gasteiger partial charge in [0.05, 0.1) is 12.2 Å². The molecule has 1 saturated heterocycles. The minimum atomic E-state index is -0.488. The molecule has 0 amide bonds. The van der Waals surface area contributed by atoms with Crippen LogP contribution in [-0.4, -0.2) is 23.9 Å². The molecule has 0 aromatic carbocycles. The van der Waals surface area contributed by atoms with Crippen molar-refractivity contribution in [2.75, 3.05) is 13.2 Å². The largest absolute Gasteiger partial charge is 0.390 e. The Labute approximate surface area is 55.8 Å². The zero-order valence-electron chi connectivity index (χ0n) is 6.05. The van der Waals surface area contributed by atoms with Crippen molar-refractivity contribution in [3.8, 4) is 0 Å². The molecule has 0 saturated carbocycles. The summed E-state index contributed by atoms with van der Waals surface area (Å²) in [5, 5.41) is 9.56. The molecule has 2 nitrogen and oxygen atoms in total. The van der Waals surface area contributed by atoms with Crippen LogP contribution < -0.4 is 0 Å². The third-order valence-corrected chi connectivity index (χ3v) is 2.18. The van der Waals surface area contributed by atoms with Crippen LogP contribution in [0.3, 0.4) is 0 Å². The van der Waals surface area contributed by atoms with Gasteiger partial charge in [0.1, 0.15) is 0 Å². The van der Waals surface area contributed by atoms with Crippen molar-refractivity contribution in [2.24, 2.45) is 5.92 Å². The Kier molecular flexibility index (Phi) is 1.78. The zero-order valence-corrected chi connectivity index (χ0v) is 6.05. The van der Waals surface area contributed by atoms with Gasteiger partial charge in [-0.05, 0) is 13.3 Å². The van der Waals surface area contributed by atoms with E-state index in [-0.39, 0.29) is 5.92 Å². The third-order valence-electron chi connectivity index (χ3n) is 2.18. The van der Waals surface area contributed by atoms with Crippen LogP contribution in [0.15, 0.2) is 0 Å². The summed E-state index contributed by atoms with van der Waals surface area (Å²) in [5.41, 5.74) is -0.488. The van der Waals surface area contributed by atoms with E-state index in [1.807, 2.05) is 13.8 Å². The SMILES string of the molecule is C[C@H]1COCCC1(C)O. The van der Waals surface area contributed by atoms with Crippen molar-refractivity contribution in [1.29, 1.82) is 0 Å². The summed E-state index contributed by atoms with van der Waals surface area (Å²) in [6.45, 7) is 5.30. The highest BCUT2D eigenvalue weighted by molar-refractivity contribution is 4.81. The maximum atomic E-state index is 9.56. The lowest BCUT2D eigenvalue weighted by molar-refractivity contribution is -0.0938. The molecular weight excluding hydrogens is 116 g/mol. The quantitative estimate of drug-likeness (QED) is 0.525. The average molecular weight is 130 g/mol. The highest BCUT2D eigenvalue weighted by Gasteiger charge is 2.31. The third kappa shape index (κ3) is 1.43. The Morgan fingerprint density at radius 2 is 2.33 bits per heavy atom. The first kappa shape index (κ1) is 7.03. The first-order valence-corrected chi connectivity index (χ1v) is 3.43. The van der Waals surface area contributed by atoms with E-state index in [2.05, 4.69) is 0 Å². The Hall–Kier alpha value is -0.0800. The summed E-state index contributed by atoms with van der Waals surface area (Å²) >= 11 is 0. The number of rotatable bonds is 0. The van der Waals surface area contributed by atoms with Crippen LogP contribution in [0.5, 0.6) is 0 Å². The molecule has 0 radical (unpaired) electrons. The van der Waals surface area contributed by atoms with Crippen molar-refractivity contribution >= 4 is 0 Å². The van der Waals surface area contributed by atoms with Gasteiger partial charge in [0.25, 0.3) is 0 Å². The predicted molar refractivity (Wildman–Crippen MR) is 35.2 cm³/mol. The molecule has 0 bridgehead atoms. The molecule has 1 rings (SSSR count). The molecule has 1 aliphatic heterocycles.